The first-order chi connectivity index (χ1) is 19.3. The van der Waals surface area contributed by atoms with Crippen LogP contribution >= 0.6 is 0 Å². The molecular formula is C32H26F4N2O2. The highest BCUT2D eigenvalue weighted by Crippen LogP contribution is 2.48. The Morgan fingerprint density at radius 2 is 1.23 bits per heavy atom. The van der Waals surface area contributed by atoms with Crippen LogP contribution in [0.15, 0.2) is 108 Å². The van der Waals surface area contributed by atoms with Gasteiger partial charge in [-0.15, -0.1) is 0 Å². The average molecular weight is 547 g/mol. The van der Waals surface area contributed by atoms with E-state index in [0.29, 0.717) is 22.6 Å². The molecule has 0 saturated heterocycles. The van der Waals surface area contributed by atoms with Crippen molar-refractivity contribution >= 4 is 17.3 Å². The third kappa shape index (κ3) is 5.71. The van der Waals surface area contributed by atoms with Crippen LogP contribution in [0.4, 0.5) is 28.9 Å². The summed E-state index contributed by atoms with van der Waals surface area (Å²) in [7, 11) is 0. The van der Waals surface area contributed by atoms with E-state index >= 15 is 0 Å². The van der Waals surface area contributed by atoms with E-state index in [1.165, 1.54) is 48.5 Å². The lowest BCUT2D eigenvalue weighted by Crippen LogP contribution is -2.41. The van der Waals surface area contributed by atoms with Crippen molar-refractivity contribution < 1.29 is 27.1 Å². The highest BCUT2D eigenvalue weighted by molar-refractivity contribution is 5.93. The van der Waals surface area contributed by atoms with Gasteiger partial charge in [-0.2, -0.15) is 0 Å². The van der Waals surface area contributed by atoms with Crippen LogP contribution in [-0.4, -0.2) is 12.6 Å². The molecule has 1 heterocycles. The Morgan fingerprint density at radius 3 is 1.75 bits per heavy atom. The average Bonchev–Trinajstić information content (AvgIpc) is 2.95. The number of carbonyl (C=O) groups excluding carboxylic acids is 1. The summed E-state index contributed by atoms with van der Waals surface area (Å²) in [6.07, 6.45) is 0.242. The molecule has 204 valence electrons. The number of anilines is 2. The van der Waals surface area contributed by atoms with E-state index in [1.54, 1.807) is 55.5 Å². The van der Waals surface area contributed by atoms with E-state index in [9.17, 15) is 22.4 Å². The Balaban J connectivity index is 1.77. The predicted molar refractivity (Wildman–Crippen MR) is 145 cm³/mol. The lowest BCUT2D eigenvalue weighted by Gasteiger charge is -2.46. The molecule has 0 fully saturated rings. The second-order valence-electron chi connectivity index (χ2n) is 9.35. The van der Waals surface area contributed by atoms with Gasteiger partial charge in [0.2, 0.25) is 0 Å². The van der Waals surface area contributed by atoms with Crippen LogP contribution in [0.3, 0.4) is 0 Å². The van der Waals surface area contributed by atoms with Gasteiger partial charge in [0.1, 0.15) is 23.3 Å². The van der Waals surface area contributed by atoms with Crippen LogP contribution in [-0.2, 0) is 9.53 Å². The maximum Gasteiger partial charge on any atom is 0.338 e. The molecular weight excluding hydrogens is 520 g/mol. The minimum absolute atomic E-state index is 0.111. The monoisotopic (exact) mass is 546 g/mol. The standard InChI is InChI=1S/C32H26F4N2O2/c1-2-40-32(39)30-28(37-26-15-11-24(35)12-16-26)19-29(20-3-7-22(33)8-4-20)38(27-17-13-25(36)14-18-27)31(30)21-5-9-23(34)10-6-21/h3-18,29,31,37H,2,19H2,1H3. The zero-order valence-electron chi connectivity index (χ0n) is 21.6. The topological polar surface area (TPSA) is 41.6 Å². The molecule has 4 nitrogen and oxygen atoms in total. The summed E-state index contributed by atoms with van der Waals surface area (Å²) in [5, 5.41) is 3.28. The van der Waals surface area contributed by atoms with Crippen molar-refractivity contribution in [3.05, 3.63) is 143 Å². The summed E-state index contributed by atoms with van der Waals surface area (Å²) in [6, 6.07) is 22.0. The SMILES string of the molecule is CCOC(=O)C1=C(Nc2ccc(F)cc2)CC(c2ccc(F)cc2)N(c2ccc(F)cc2)C1c1ccc(F)cc1. The highest BCUT2D eigenvalue weighted by atomic mass is 19.1. The van der Waals surface area contributed by atoms with Crippen molar-refractivity contribution in [3.8, 4) is 0 Å². The molecule has 2 atom stereocenters. The number of esters is 1. The Kier molecular flexibility index (Phi) is 7.86. The van der Waals surface area contributed by atoms with Crippen LogP contribution < -0.4 is 10.2 Å². The van der Waals surface area contributed by atoms with Gasteiger partial charge in [-0.3, -0.25) is 0 Å². The van der Waals surface area contributed by atoms with Crippen molar-refractivity contribution in [2.75, 3.05) is 16.8 Å². The molecule has 5 rings (SSSR count). The lowest BCUT2D eigenvalue weighted by atomic mass is 9.84. The van der Waals surface area contributed by atoms with Crippen LogP contribution in [0, 0.1) is 23.3 Å². The third-order valence-corrected chi connectivity index (χ3v) is 6.81. The van der Waals surface area contributed by atoms with Crippen LogP contribution in [0.5, 0.6) is 0 Å². The fourth-order valence-corrected chi connectivity index (χ4v) is 5.03. The summed E-state index contributed by atoms with van der Waals surface area (Å²) in [5.41, 5.74) is 3.22. The van der Waals surface area contributed by atoms with Gasteiger partial charge >= 0.3 is 5.97 Å². The number of carbonyl (C=O) groups is 1. The maximum atomic E-state index is 14.0. The predicted octanol–water partition coefficient (Wildman–Crippen LogP) is 7.87. The molecule has 1 N–H and O–H groups in total. The fourth-order valence-electron chi connectivity index (χ4n) is 5.03. The van der Waals surface area contributed by atoms with E-state index in [2.05, 4.69) is 5.32 Å². The van der Waals surface area contributed by atoms with Gasteiger partial charge in [0.15, 0.2) is 0 Å². The molecule has 0 aromatic heterocycles. The molecule has 0 bridgehead atoms. The minimum Gasteiger partial charge on any atom is -0.463 e. The normalized spacial score (nSPS) is 17.1. The molecule has 0 amide bonds. The first-order valence-electron chi connectivity index (χ1n) is 12.8. The second-order valence-corrected chi connectivity index (χ2v) is 9.35. The fraction of sp³-hybridized carbons (Fsp3) is 0.156. The first-order valence-corrected chi connectivity index (χ1v) is 12.8. The third-order valence-electron chi connectivity index (χ3n) is 6.81. The molecule has 2 unspecified atom stereocenters. The van der Waals surface area contributed by atoms with E-state index < -0.39 is 41.3 Å². The number of nitrogens with zero attached hydrogens (tertiary/aromatic N) is 1. The number of hydrogen-bond donors (Lipinski definition) is 1. The van der Waals surface area contributed by atoms with Crippen LogP contribution in [0.1, 0.15) is 36.6 Å². The van der Waals surface area contributed by atoms with Crippen molar-refractivity contribution in [3.63, 3.8) is 0 Å². The Morgan fingerprint density at radius 1 is 0.750 bits per heavy atom. The van der Waals surface area contributed by atoms with Crippen molar-refractivity contribution in [2.45, 2.75) is 25.4 Å². The number of benzene rings is 4. The molecule has 4 aromatic rings. The largest absolute Gasteiger partial charge is 0.463 e. The van der Waals surface area contributed by atoms with Crippen LogP contribution in [0.25, 0.3) is 0 Å². The summed E-state index contributed by atoms with van der Waals surface area (Å²) in [4.78, 5) is 15.6. The van der Waals surface area contributed by atoms with Crippen molar-refractivity contribution in [1.82, 2.24) is 0 Å². The van der Waals surface area contributed by atoms with Crippen LogP contribution in [0.2, 0.25) is 0 Å². The molecule has 4 aromatic carbocycles. The van der Waals surface area contributed by atoms with E-state index in [4.69, 9.17) is 4.74 Å². The van der Waals surface area contributed by atoms with Gasteiger partial charge in [0.05, 0.1) is 24.3 Å². The summed E-state index contributed by atoms with van der Waals surface area (Å²) in [5.74, 6) is -2.29. The lowest BCUT2D eigenvalue weighted by molar-refractivity contribution is -0.139. The van der Waals surface area contributed by atoms with Crippen molar-refractivity contribution in [1.29, 1.82) is 0 Å². The number of ether oxygens (including phenoxy) is 1. The zero-order chi connectivity index (χ0) is 28.2. The van der Waals surface area contributed by atoms with Gasteiger partial charge in [0, 0.05) is 23.5 Å². The molecule has 1 aliphatic rings. The number of rotatable bonds is 7. The molecule has 8 heteroatoms. The van der Waals surface area contributed by atoms with Gasteiger partial charge < -0.3 is 15.0 Å². The molecule has 40 heavy (non-hydrogen) atoms. The quantitative estimate of drug-likeness (QED) is 0.189. The second kappa shape index (κ2) is 11.7. The highest BCUT2D eigenvalue weighted by Gasteiger charge is 2.42. The number of nitrogens with one attached hydrogen (secondary N) is 1. The maximum absolute atomic E-state index is 14.0. The van der Waals surface area contributed by atoms with Crippen molar-refractivity contribution in [2.24, 2.45) is 0 Å². The Hall–Kier alpha value is -4.59. The molecule has 0 saturated carbocycles. The summed E-state index contributed by atoms with van der Waals surface area (Å²) in [6.45, 7) is 1.81. The Labute approximate surface area is 229 Å². The summed E-state index contributed by atoms with van der Waals surface area (Å²) < 4.78 is 61.1. The smallest absolute Gasteiger partial charge is 0.338 e. The number of halogens is 4. The first kappa shape index (κ1) is 27.0. The molecule has 1 aliphatic heterocycles. The van der Waals surface area contributed by atoms with Gasteiger partial charge in [-0.1, -0.05) is 24.3 Å². The Bertz CT molecular complexity index is 1500. The van der Waals surface area contributed by atoms with E-state index in [0.717, 1.165) is 5.56 Å². The molecule has 0 spiro atoms. The minimum atomic E-state index is -0.808. The van der Waals surface area contributed by atoms with Gasteiger partial charge in [-0.05, 0) is 90.8 Å². The summed E-state index contributed by atoms with van der Waals surface area (Å²) >= 11 is 0. The molecule has 0 aliphatic carbocycles. The van der Waals surface area contributed by atoms with Gasteiger partial charge in [0.25, 0.3) is 0 Å². The number of hydrogen-bond acceptors (Lipinski definition) is 4. The van der Waals surface area contributed by atoms with Gasteiger partial charge in [-0.25, -0.2) is 22.4 Å². The van der Waals surface area contributed by atoms with E-state index in [1.807, 2.05) is 4.90 Å². The molecule has 0 radical (unpaired) electrons. The van der Waals surface area contributed by atoms with E-state index in [-0.39, 0.29) is 18.6 Å². The zero-order valence-corrected chi connectivity index (χ0v) is 21.6.